The van der Waals surface area contributed by atoms with Gasteiger partial charge < -0.3 is 4.79 Å². The molecule has 0 N–H and O–H groups in total. The Balaban J connectivity index is 2.77. The van der Waals surface area contributed by atoms with Gasteiger partial charge in [-0.1, -0.05) is 32.0 Å². The molecule has 0 aliphatic carbocycles. The summed E-state index contributed by atoms with van der Waals surface area (Å²) in [6.07, 6.45) is 1.41. The van der Waals surface area contributed by atoms with Crippen molar-refractivity contribution in [1.29, 1.82) is 0 Å². The van der Waals surface area contributed by atoms with Crippen LogP contribution in [0, 0.1) is 17.7 Å². The fourth-order valence-corrected chi connectivity index (χ4v) is 1.36. The highest BCUT2D eigenvalue weighted by Gasteiger charge is 2.14. The highest BCUT2D eigenvalue weighted by Crippen LogP contribution is 2.17. The van der Waals surface area contributed by atoms with Gasteiger partial charge in [0, 0.05) is 5.92 Å². The van der Waals surface area contributed by atoms with E-state index in [1.807, 2.05) is 13.8 Å². The normalized spacial score (nSPS) is 12.9. The molecular weight excluding hydrogens is 179 g/mol. The van der Waals surface area contributed by atoms with Crippen LogP contribution >= 0.6 is 0 Å². The number of hydrogen-bond donors (Lipinski definition) is 0. The number of carbonyl (C=O) groups excluding carboxylic acids is 1. The molecule has 0 fully saturated rings. The van der Waals surface area contributed by atoms with Gasteiger partial charge >= 0.3 is 0 Å². The van der Waals surface area contributed by atoms with Crippen LogP contribution in [0.1, 0.15) is 19.4 Å². The second-order valence-electron chi connectivity index (χ2n) is 3.84. The second-order valence-corrected chi connectivity index (χ2v) is 3.84. The maximum atomic E-state index is 13.2. The summed E-state index contributed by atoms with van der Waals surface area (Å²) in [5, 5.41) is 0. The average molecular weight is 194 g/mol. The standard InChI is InChI=1S/C12H15FO/c1-9(2)11(8-14)7-10-5-3-4-6-12(10)13/h3-6,8-9,11H,7H2,1-2H3. The Morgan fingerprint density at radius 2 is 2.00 bits per heavy atom. The molecule has 0 aromatic heterocycles. The van der Waals surface area contributed by atoms with E-state index in [-0.39, 0.29) is 17.7 Å². The SMILES string of the molecule is CC(C)C(C=O)Cc1ccccc1F. The first-order chi connectivity index (χ1) is 6.65. The summed E-state index contributed by atoms with van der Waals surface area (Å²) in [7, 11) is 0. The molecule has 1 atom stereocenters. The van der Waals surface area contributed by atoms with Gasteiger partial charge in [0.1, 0.15) is 12.1 Å². The van der Waals surface area contributed by atoms with Gasteiger partial charge in [-0.15, -0.1) is 0 Å². The Hall–Kier alpha value is -1.18. The fraction of sp³-hybridized carbons (Fsp3) is 0.417. The zero-order valence-electron chi connectivity index (χ0n) is 8.53. The van der Waals surface area contributed by atoms with E-state index < -0.39 is 0 Å². The summed E-state index contributed by atoms with van der Waals surface area (Å²) in [6.45, 7) is 3.94. The van der Waals surface area contributed by atoms with E-state index in [0.29, 0.717) is 12.0 Å². The van der Waals surface area contributed by atoms with Crippen LogP contribution in [0.25, 0.3) is 0 Å². The molecule has 1 aromatic rings. The van der Waals surface area contributed by atoms with Gasteiger partial charge in [-0.25, -0.2) is 4.39 Å². The zero-order chi connectivity index (χ0) is 10.6. The minimum absolute atomic E-state index is 0.0908. The Morgan fingerprint density at radius 3 is 2.50 bits per heavy atom. The van der Waals surface area contributed by atoms with Crippen LogP contribution in [-0.4, -0.2) is 6.29 Å². The highest BCUT2D eigenvalue weighted by molar-refractivity contribution is 5.54. The summed E-state index contributed by atoms with van der Waals surface area (Å²) < 4.78 is 13.2. The van der Waals surface area contributed by atoms with Crippen LogP contribution in [0.15, 0.2) is 24.3 Å². The Labute approximate surface area is 83.9 Å². The first-order valence-corrected chi connectivity index (χ1v) is 4.84. The number of hydrogen-bond acceptors (Lipinski definition) is 1. The van der Waals surface area contributed by atoms with E-state index in [9.17, 15) is 9.18 Å². The van der Waals surface area contributed by atoms with E-state index in [4.69, 9.17) is 0 Å². The molecule has 0 saturated carbocycles. The van der Waals surface area contributed by atoms with Crippen molar-refractivity contribution >= 4 is 6.29 Å². The summed E-state index contributed by atoms with van der Waals surface area (Å²) in [5.74, 6) is -0.0565. The molecule has 0 radical (unpaired) electrons. The van der Waals surface area contributed by atoms with Gasteiger partial charge in [0.05, 0.1) is 0 Å². The van der Waals surface area contributed by atoms with E-state index in [2.05, 4.69) is 0 Å². The van der Waals surface area contributed by atoms with Crippen LogP contribution in [0.2, 0.25) is 0 Å². The smallest absolute Gasteiger partial charge is 0.126 e. The van der Waals surface area contributed by atoms with E-state index in [1.54, 1.807) is 18.2 Å². The van der Waals surface area contributed by atoms with Crippen molar-refractivity contribution in [3.8, 4) is 0 Å². The van der Waals surface area contributed by atoms with Crippen molar-refractivity contribution in [2.24, 2.45) is 11.8 Å². The topological polar surface area (TPSA) is 17.1 Å². The molecule has 76 valence electrons. The van der Waals surface area contributed by atoms with Gasteiger partial charge in [0.15, 0.2) is 0 Å². The second kappa shape index (κ2) is 4.89. The van der Waals surface area contributed by atoms with Gasteiger partial charge in [-0.3, -0.25) is 0 Å². The quantitative estimate of drug-likeness (QED) is 0.673. The molecule has 0 aliphatic heterocycles. The third-order valence-electron chi connectivity index (χ3n) is 2.44. The first kappa shape index (κ1) is 10.9. The monoisotopic (exact) mass is 194 g/mol. The Morgan fingerprint density at radius 1 is 1.36 bits per heavy atom. The van der Waals surface area contributed by atoms with E-state index in [1.165, 1.54) is 6.07 Å². The summed E-state index contributed by atoms with van der Waals surface area (Å²) in [4.78, 5) is 10.7. The van der Waals surface area contributed by atoms with Crippen molar-refractivity contribution < 1.29 is 9.18 Å². The lowest BCUT2D eigenvalue weighted by Crippen LogP contribution is -2.14. The van der Waals surface area contributed by atoms with Gasteiger partial charge in [-0.2, -0.15) is 0 Å². The Kier molecular flexibility index (Phi) is 3.81. The molecule has 0 amide bonds. The molecule has 1 unspecified atom stereocenters. The minimum Gasteiger partial charge on any atom is -0.303 e. The zero-order valence-corrected chi connectivity index (χ0v) is 8.53. The lowest BCUT2D eigenvalue weighted by atomic mass is 9.90. The van der Waals surface area contributed by atoms with Gasteiger partial charge in [0.25, 0.3) is 0 Å². The average Bonchev–Trinajstić information content (AvgIpc) is 2.16. The number of aldehydes is 1. The third kappa shape index (κ3) is 2.66. The van der Waals surface area contributed by atoms with Crippen LogP contribution in [0.3, 0.4) is 0 Å². The summed E-state index contributed by atoms with van der Waals surface area (Å²) in [6, 6.07) is 6.61. The molecule has 0 spiro atoms. The molecule has 14 heavy (non-hydrogen) atoms. The molecule has 1 nitrogen and oxygen atoms in total. The van der Waals surface area contributed by atoms with Crippen molar-refractivity contribution in [2.45, 2.75) is 20.3 Å². The van der Waals surface area contributed by atoms with Crippen molar-refractivity contribution in [1.82, 2.24) is 0 Å². The van der Waals surface area contributed by atoms with Crippen LogP contribution in [0.5, 0.6) is 0 Å². The molecule has 0 heterocycles. The van der Waals surface area contributed by atoms with Crippen LogP contribution < -0.4 is 0 Å². The van der Waals surface area contributed by atoms with Crippen LogP contribution in [0.4, 0.5) is 4.39 Å². The van der Waals surface area contributed by atoms with Crippen molar-refractivity contribution in [3.05, 3.63) is 35.6 Å². The van der Waals surface area contributed by atoms with Crippen molar-refractivity contribution in [3.63, 3.8) is 0 Å². The number of benzene rings is 1. The van der Waals surface area contributed by atoms with E-state index in [0.717, 1.165) is 6.29 Å². The molecule has 1 aromatic carbocycles. The Bertz CT molecular complexity index is 307. The maximum absolute atomic E-state index is 13.2. The summed E-state index contributed by atoms with van der Waals surface area (Å²) in [5.41, 5.74) is 0.623. The number of halogens is 1. The highest BCUT2D eigenvalue weighted by atomic mass is 19.1. The van der Waals surface area contributed by atoms with Crippen molar-refractivity contribution in [2.75, 3.05) is 0 Å². The largest absolute Gasteiger partial charge is 0.303 e. The molecule has 0 aliphatic rings. The number of rotatable bonds is 4. The third-order valence-corrected chi connectivity index (χ3v) is 2.44. The number of carbonyl (C=O) groups is 1. The molecule has 0 saturated heterocycles. The molecule has 1 rings (SSSR count). The minimum atomic E-state index is -0.222. The van der Waals surface area contributed by atoms with E-state index >= 15 is 0 Å². The summed E-state index contributed by atoms with van der Waals surface area (Å²) >= 11 is 0. The predicted molar refractivity (Wildman–Crippen MR) is 54.5 cm³/mol. The predicted octanol–water partition coefficient (Wildman–Crippen LogP) is 2.84. The lowest BCUT2D eigenvalue weighted by Gasteiger charge is -2.14. The first-order valence-electron chi connectivity index (χ1n) is 4.84. The lowest BCUT2D eigenvalue weighted by molar-refractivity contribution is -0.112. The van der Waals surface area contributed by atoms with Gasteiger partial charge in [-0.05, 0) is 24.0 Å². The van der Waals surface area contributed by atoms with Crippen LogP contribution in [-0.2, 0) is 11.2 Å². The maximum Gasteiger partial charge on any atom is 0.126 e. The molecule has 2 heteroatoms. The molecular formula is C12H15FO. The molecule has 0 bridgehead atoms. The fourth-order valence-electron chi connectivity index (χ4n) is 1.36. The van der Waals surface area contributed by atoms with Gasteiger partial charge in [0.2, 0.25) is 0 Å².